The van der Waals surface area contributed by atoms with Crippen molar-refractivity contribution in [2.45, 2.75) is 37.8 Å². The van der Waals surface area contributed by atoms with E-state index in [1.165, 1.54) is 23.1 Å². The summed E-state index contributed by atoms with van der Waals surface area (Å²) in [6.45, 7) is 0.498. The summed E-state index contributed by atoms with van der Waals surface area (Å²) in [6, 6.07) is 10.9. The number of alkyl halides is 1. The lowest BCUT2D eigenvalue weighted by Crippen LogP contribution is -2.35. The van der Waals surface area contributed by atoms with Gasteiger partial charge in [0.15, 0.2) is 0 Å². The van der Waals surface area contributed by atoms with Gasteiger partial charge in [-0.05, 0) is 24.3 Å². The number of hydrogen-bond acceptors (Lipinski definition) is 2. The van der Waals surface area contributed by atoms with Gasteiger partial charge in [-0.25, -0.2) is 4.39 Å². The fourth-order valence-electron chi connectivity index (χ4n) is 4.44. The van der Waals surface area contributed by atoms with Crippen LogP contribution >= 0.6 is 0 Å². The molecular weight excluding hydrogens is 305 g/mol. The number of benzene rings is 1. The third-order valence-electron chi connectivity index (χ3n) is 5.52. The van der Waals surface area contributed by atoms with Gasteiger partial charge in [-0.2, -0.15) is 5.10 Å². The highest BCUT2D eigenvalue weighted by molar-refractivity contribution is 5.94. The van der Waals surface area contributed by atoms with E-state index in [0.29, 0.717) is 23.4 Å². The molecule has 1 amide bonds. The molecule has 126 valence electrons. The quantitative estimate of drug-likeness (QED) is 0.864. The van der Waals surface area contributed by atoms with E-state index in [1.807, 2.05) is 11.0 Å². The number of rotatable bonds is 4. The van der Waals surface area contributed by atoms with Crippen molar-refractivity contribution < 1.29 is 9.18 Å². The molecule has 1 aromatic heterocycles. The van der Waals surface area contributed by atoms with Crippen LogP contribution in [0.4, 0.5) is 4.39 Å². The van der Waals surface area contributed by atoms with E-state index < -0.39 is 6.67 Å². The molecule has 1 saturated carbocycles. The maximum Gasteiger partial charge on any atom is 0.257 e. The lowest BCUT2D eigenvalue weighted by atomic mass is 9.87. The summed E-state index contributed by atoms with van der Waals surface area (Å²) in [5, 5.41) is 4.09. The van der Waals surface area contributed by atoms with Gasteiger partial charge in [0.25, 0.3) is 5.91 Å². The number of halogens is 1. The van der Waals surface area contributed by atoms with Crippen molar-refractivity contribution in [2.75, 3.05) is 13.2 Å². The molecule has 0 radical (unpaired) electrons. The Morgan fingerprint density at radius 2 is 2.08 bits per heavy atom. The number of aryl methyl sites for hydroxylation is 1. The molecule has 1 aromatic carbocycles. The molecule has 2 fully saturated rings. The zero-order chi connectivity index (χ0) is 16.5. The van der Waals surface area contributed by atoms with Gasteiger partial charge in [-0.15, -0.1) is 0 Å². The molecule has 1 saturated heterocycles. The van der Waals surface area contributed by atoms with Crippen molar-refractivity contribution in [3.8, 4) is 0 Å². The van der Waals surface area contributed by atoms with Crippen LogP contribution in [0.3, 0.4) is 0 Å². The minimum absolute atomic E-state index is 0.0374. The van der Waals surface area contributed by atoms with Crippen LogP contribution in [0.25, 0.3) is 0 Å². The lowest BCUT2D eigenvalue weighted by molar-refractivity contribution is 0.0728. The zero-order valence-electron chi connectivity index (χ0n) is 13.6. The maximum atomic E-state index is 13.0. The van der Waals surface area contributed by atoms with Gasteiger partial charge in [0, 0.05) is 24.7 Å². The summed E-state index contributed by atoms with van der Waals surface area (Å²) in [5.74, 6) is 1.01. The van der Waals surface area contributed by atoms with Crippen molar-refractivity contribution in [3.05, 3.63) is 53.9 Å². The van der Waals surface area contributed by atoms with Crippen LogP contribution < -0.4 is 0 Å². The highest BCUT2D eigenvalue weighted by atomic mass is 19.1. The van der Waals surface area contributed by atoms with Crippen LogP contribution in [0.2, 0.25) is 0 Å². The molecule has 0 N–H and O–H groups in total. The number of nitrogens with zero attached hydrogens (tertiary/aromatic N) is 3. The molecule has 3 atom stereocenters. The Kier molecular flexibility index (Phi) is 4.08. The normalized spacial score (nSPS) is 25.9. The summed E-state index contributed by atoms with van der Waals surface area (Å²) in [6.07, 6.45) is 6.69. The first kappa shape index (κ1) is 15.4. The van der Waals surface area contributed by atoms with Crippen LogP contribution in [0.1, 0.15) is 41.1 Å². The van der Waals surface area contributed by atoms with Gasteiger partial charge in [-0.3, -0.25) is 9.48 Å². The van der Waals surface area contributed by atoms with Crippen LogP contribution in [0.5, 0.6) is 0 Å². The topological polar surface area (TPSA) is 38.1 Å². The average molecular weight is 327 g/mol. The Balaban J connectivity index is 1.57. The van der Waals surface area contributed by atoms with E-state index in [2.05, 4.69) is 29.4 Å². The number of aromatic nitrogens is 2. The number of likely N-dealkylation sites (tertiary alicyclic amines) is 1. The monoisotopic (exact) mass is 327 g/mol. The second-order valence-electron chi connectivity index (χ2n) is 6.82. The molecule has 3 unspecified atom stereocenters. The summed E-state index contributed by atoms with van der Waals surface area (Å²) in [7, 11) is 0. The summed E-state index contributed by atoms with van der Waals surface area (Å²) < 4.78 is 14.0. The molecule has 0 spiro atoms. The largest absolute Gasteiger partial charge is 0.335 e. The van der Waals surface area contributed by atoms with E-state index >= 15 is 0 Å². The van der Waals surface area contributed by atoms with Gasteiger partial charge in [0.1, 0.15) is 6.67 Å². The molecule has 0 bridgehead atoms. The first-order valence-electron chi connectivity index (χ1n) is 8.72. The number of hydrogen-bond donors (Lipinski definition) is 0. The molecule has 2 heterocycles. The van der Waals surface area contributed by atoms with Crippen LogP contribution in [-0.4, -0.2) is 39.8 Å². The van der Waals surface area contributed by atoms with Gasteiger partial charge in [0.2, 0.25) is 0 Å². The van der Waals surface area contributed by atoms with E-state index in [9.17, 15) is 9.18 Å². The molecule has 4 rings (SSSR count). The number of fused-ring (bicyclic) bond motifs is 1. The molecule has 2 aliphatic rings. The Bertz CT molecular complexity index is 714. The van der Waals surface area contributed by atoms with E-state index in [4.69, 9.17) is 0 Å². The summed E-state index contributed by atoms with van der Waals surface area (Å²) in [5.41, 5.74) is 1.90. The summed E-state index contributed by atoms with van der Waals surface area (Å²) in [4.78, 5) is 15.0. The van der Waals surface area contributed by atoms with Gasteiger partial charge >= 0.3 is 0 Å². The standard InChI is InChI=1S/C19H22FN3O/c20-9-10-22-12-15(11-21-22)19(24)23-13-17(14-5-2-1-3-6-14)16-7-4-8-18(16)23/h1-3,5-6,11-12,16-18H,4,7-10,13H2. The van der Waals surface area contributed by atoms with Crippen molar-refractivity contribution in [2.24, 2.45) is 5.92 Å². The number of carbonyl (C=O) groups is 1. The Morgan fingerprint density at radius 3 is 2.88 bits per heavy atom. The Hall–Kier alpha value is -2.17. The molecule has 5 heteroatoms. The second kappa shape index (κ2) is 6.38. The highest BCUT2D eigenvalue weighted by Gasteiger charge is 2.46. The average Bonchev–Trinajstić information content (AvgIpc) is 3.31. The summed E-state index contributed by atoms with van der Waals surface area (Å²) >= 11 is 0. The van der Waals surface area contributed by atoms with Crippen LogP contribution in [0, 0.1) is 5.92 Å². The fraction of sp³-hybridized carbons (Fsp3) is 0.474. The fourth-order valence-corrected chi connectivity index (χ4v) is 4.44. The third kappa shape index (κ3) is 2.62. The Morgan fingerprint density at radius 1 is 1.25 bits per heavy atom. The molecule has 24 heavy (non-hydrogen) atoms. The smallest absolute Gasteiger partial charge is 0.257 e. The van der Waals surface area contributed by atoms with Crippen molar-refractivity contribution >= 4 is 5.91 Å². The number of carbonyl (C=O) groups excluding carboxylic acids is 1. The van der Waals surface area contributed by atoms with Gasteiger partial charge in [-0.1, -0.05) is 36.8 Å². The van der Waals surface area contributed by atoms with Crippen LogP contribution in [-0.2, 0) is 6.54 Å². The van der Waals surface area contributed by atoms with Crippen molar-refractivity contribution in [1.29, 1.82) is 0 Å². The molecule has 1 aliphatic carbocycles. The third-order valence-corrected chi connectivity index (χ3v) is 5.52. The lowest BCUT2D eigenvalue weighted by Gasteiger charge is -2.23. The van der Waals surface area contributed by atoms with E-state index in [-0.39, 0.29) is 12.5 Å². The molecule has 1 aliphatic heterocycles. The predicted molar refractivity (Wildman–Crippen MR) is 89.6 cm³/mol. The molecule has 2 aromatic rings. The van der Waals surface area contributed by atoms with E-state index in [1.54, 1.807) is 12.4 Å². The second-order valence-corrected chi connectivity index (χ2v) is 6.82. The highest BCUT2D eigenvalue weighted by Crippen LogP contribution is 2.46. The van der Waals surface area contributed by atoms with Crippen molar-refractivity contribution in [3.63, 3.8) is 0 Å². The minimum Gasteiger partial charge on any atom is -0.335 e. The molecule has 4 nitrogen and oxygen atoms in total. The first-order chi connectivity index (χ1) is 11.8. The molecular formula is C19H22FN3O. The van der Waals surface area contributed by atoms with Crippen LogP contribution in [0.15, 0.2) is 42.7 Å². The van der Waals surface area contributed by atoms with Crippen molar-refractivity contribution in [1.82, 2.24) is 14.7 Å². The maximum absolute atomic E-state index is 13.0. The minimum atomic E-state index is -0.472. The zero-order valence-corrected chi connectivity index (χ0v) is 13.6. The number of amides is 1. The van der Waals surface area contributed by atoms with E-state index in [0.717, 1.165) is 13.0 Å². The van der Waals surface area contributed by atoms with Gasteiger partial charge in [0.05, 0.1) is 18.3 Å². The van der Waals surface area contributed by atoms with Gasteiger partial charge < -0.3 is 4.90 Å². The predicted octanol–water partition coefficient (Wildman–Crippen LogP) is 3.26. The first-order valence-corrected chi connectivity index (χ1v) is 8.72. The Labute approximate surface area is 141 Å². The SMILES string of the molecule is O=C(c1cnn(CCF)c1)N1CC(c2ccccc2)C2CCCC21.